The third kappa shape index (κ3) is 2.56. The predicted octanol–water partition coefficient (Wildman–Crippen LogP) is 0.677. The molecule has 1 fully saturated rings. The summed E-state index contributed by atoms with van der Waals surface area (Å²) in [5, 5.41) is 7.26. The molecule has 2 heterocycles. The second-order valence-corrected chi connectivity index (χ2v) is 4.91. The highest BCUT2D eigenvalue weighted by Crippen LogP contribution is 2.31. The number of ether oxygens (including phenoxy) is 1. The fourth-order valence-electron chi connectivity index (χ4n) is 1.80. The van der Waals surface area contributed by atoms with Crippen molar-refractivity contribution in [1.29, 1.82) is 0 Å². The van der Waals surface area contributed by atoms with Gasteiger partial charge in [0, 0.05) is 31.1 Å². The summed E-state index contributed by atoms with van der Waals surface area (Å²) in [6.07, 6.45) is 0.712. The average molecular weight is 243 g/mol. The molecule has 1 saturated heterocycles. The number of hydrogen-bond donors (Lipinski definition) is 1. The highest BCUT2D eigenvalue weighted by atomic mass is 32.2. The van der Waals surface area contributed by atoms with Crippen molar-refractivity contribution >= 4 is 11.8 Å². The zero-order valence-electron chi connectivity index (χ0n) is 9.60. The van der Waals surface area contributed by atoms with E-state index in [1.54, 1.807) is 7.11 Å². The molecule has 0 radical (unpaired) electrons. The van der Waals surface area contributed by atoms with Crippen LogP contribution in [0.4, 0.5) is 0 Å². The Kier molecular flexibility index (Phi) is 4.20. The Labute approximate surface area is 99.3 Å². The highest BCUT2D eigenvalue weighted by Gasteiger charge is 2.32. The van der Waals surface area contributed by atoms with Gasteiger partial charge in [-0.2, -0.15) is 16.7 Å². The molecule has 0 amide bonds. The number of thioether (sulfide) groups is 1. The molecule has 1 aliphatic heterocycles. The second kappa shape index (κ2) is 5.65. The van der Waals surface area contributed by atoms with Crippen LogP contribution in [-0.4, -0.2) is 48.5 Å². The lowest BCUT2D eigenvalue weighted by Crippen LogP contribution is -2.31. The molecule has 2 atom stereocenters. The zero-order valence-corrected chi connectivity index (χ0v) is 10.4. The highest BCUT2D eigenvalue weighted by molar-refractivity contribution is 7.99. The monoisotopic (exact) mass is 243 g/mol. The standard InChI is InChI=1S/C10H17N3O2S/c1-11-8-6-16-5-7(8)10-12-9(13-15-10)3-4-14-2/h7-8,11H,3-6H2,1-2H3. The van der Waals surface area contributed by atoms with Crippen LogP contribution >= 0.6 is 11.8 Å². The molecule has 5 nitrogen and oxygen atoms in total. The first-order valence-electron chi connectivity index (χ1n) is 5.41. The van der Waals surface area contributed by atoms with Crippen molar-refractivity contribution < 1.29 is 9.26 Å². The lowest BCUT2D eigenvalue weighted by molar-refractivity contribution is 0.199. The van der Waals surface area contributed by atoms with E-state index in [2.05, 4.69) is 15.5 Å². The van der Waals surface area contributed by atoms with Crippen LogP contribution in [0.1, 0.15) is 17.6 Å². The van der Waals surface area contributed by atoms with Crippen molar-refractivity contribution in [2.24, 2.45) is 0 Å². The lowest BCUT2D eigenvalue weighted by Gasteiger charge is -2.13. The first-order valence-corrected chi connectivity index (χ1v) is 6.57. The minimum atomic E-state index is 0.346. The Balaban J connectivity index is 2.00. The normalized spacial score (nSPS) is 25.1. The van der Waals surface area contributed by atoms with E-state index in [4.69, 9.17) is 9.26 Å². The van der Waals surface area contributed by atoms with Crippen molar-refractivity contribution in [3.05, 3.63) is 11.7 Å². The van der Waals surface area contributed by atoms with E-state index in [0.29, 0.717) is 25.0 Å². The van der Waals surface area contributed by atoms with Crippen LogP contribution in [0.2, 0.25) is 0 Å². The fraction of sp³-hybridized carbons (Fsp3) is 0.800. The summed E-state index contributed by atoms with van der Waals surface area (Å²) >= 11 is 1.92. The Morgan fingerprint density at radius 1 is 1.56 bits per heavy atom. The van der Waals surface area contributed by atoms with E-state index in [1.807, 2.05) is 18.8 Å². The molecule has 90 valence electrons. The van der Waals surface area contributed by atoms with Crippen LogP contribution in [0.5, 0.6) is 0 Å². The summed E-state index contributed by atoms with van der Waals surface area (Å²) in [6.45, 7) is 0.633. The minimum absolute atomic E-state index is 0.346. The Bertz CT molecular complexity index is 332. The number of likely N-dealkylation sites (N-methyl/N-ethyl adjacent to an activating group) is 1. The van der Waals surface area contributed by atoms with Crippen LogP contribution in [0.25, 0.3) is 0 Å². The van der Waals surface area contributed by atoms with E-state index in [9.17, 15) is 0 Å². The first-order chi connectivity index (χ1) is 7.85. The summed E-state index contributed by atoms with van der Waals surface area (Å²) in [5.74, 6) is 4.01. The summed E-state index contributed by atoms with van der Waals surface area (Å²) in [5.41, 5.74) is 0. The maximum atomic E-state index is 5.31. The number of nitrogens with one attached hydrogen (secondary N) is 1. The van der Waals surface area contributed by atoms with Crippen LogP contribution in [-0.2, 0) is 11.2 Å². The Morgan fingerprint density at radius 3 is 3.19 bits per heavy atom. The molecule has 1 aliphatic rings. The number of aromatic nitrogens is 2. The van der Waals surface area contributed by atoms with Gasteiger partial charge < -0.3 is 14.6 Å². The smallest absolute Gasteiger partial charge is 0.232 e. The molecular formula is C10H17N3O2S. The molecule has 1 aromatic rings. The fourth-order valence-corrected chi connectivity index (χ4v) is 3.21. The van der Waals surface area contributed by atoms with Crippen molar-refractivity contribution in [3.8, 4) is 0 Å². The molecule has 1 aromatic heterocycles. The number of rotatable bonds is 5. The van der Waals surface area contributed by atoms with Gasteiger partial charge >= 0.3 is 0 Å². The SMILES string of the molecule is CNC1CSCC1c1nc(CCOC)no1. The molecule has 0 bridgehead atoms. The third-order valence-corrected chi connectivity index (χ3v) is 3.97. The van der Waals surface area contributed by atoms with Gasteiger partial charge in [0.25, 0.3) is 0 Å². The average Bonchev–Trinajstić information content (AvgIpc) is 2.94. The van der Waals surface area contributed by atoms with E-state index < -0.39 is 0 Å². The van der Waals surface area contributed by atoms with Gasteiger partial charge in [-0.15, -0.1) is 0 Å². The van der Waals surface area contributed by atoms with E-state index in [-0.39, 0.29) is 0 Å². The van der Waals surface area contributed by atoms with Crippen LogP contribution in [0.3, 0.4) is 0 Å². The maximum Gasteiger partial charge on any atom is 0.232 e. The summed E-state index contributed by atoms with van der Waals surface area (Å²) in [4.78, 5) is 4.42. The van der Waals surface area contributed by atoms with Crippen molar-refractivity contribution in [3.63, 3.8) is 0 Å². The topological polar surface area (TPSA) is 60.2 Å². The largest absolute Gasteiger partial charge is 0.384 e. The predicted molar refractivity (Wildman–Crippen MR) is 62.8 cm³/mol. The van der Waals surface area contributed by atoms with Gasteiger partial charge in [0.15, 0.2) is 5.82 Å². The van der Waals surface area contributed by atoms with Gasteiger partial charge in [0.2, 0.25) is 5.89 Å². The number of methoxy groups -OCH3 is 1. The summed E-state index contributed by atoms with van der Waals surface area (Å²) < 4.78 is 10.3. The molecule has 2 unspecified atom stereocenters. The molecule has 1 N–H and O–H groups in total. The van der Waals surface area contributed by atoms with Crippen LogP contribution < -0.4 is 5.32 Å². The summed E-state index contributed by atoms with van der Waals surface area (Å²) in [7, 11) is 3.65. The van der Waals surface area contributed by atoms with Gasteiger partial charge in [-0.3, -0.25) is 0 Å². The molecule has 16 heavy (non-hydrogen) atoms. The van der Waals surface area contributed by atoms with Crippen LogP contribution in [0.15, 0.2) is 4.52 Å². The van der Waals surface area contributed by atoms with Gasteiger partial charge in [-0.25, -0.2) is 0 Å². The first kappa shape index (κ1) is 11.9. The van der Waals surface area contributed by atoms with Gasteiger partial charge in [0.05, 0.1) is 12.5 Å². The van der Waals surface area contributed by atoms with E-state index in [0.717, 1.165) is 23.2 Å². The molecule has 6 heteroatoms. The maximum absolute atomic E-state index is 5.31. The van der Waals surface area contributed by atoms with Gasteiger partial charge in [0.1, 0.15) is 0 Å². The van der Waals surface area contributed by atoms with E-state index in [1.165, 1.54) is 0 Å². The molecular weight excluding hydrogens is 226 g/mol. The second-order valence-electron chi connectivity index (χ2n) is 3.83. The molecule has 0 spiro atoms. The zero-order chi connectivity index (χ0) is 11.4. The van der Waals surface area contributed by atoms with E-state index >= 15 is 0 Å². The van der Waals surface area contributed by atoms with Gasteiger partial charge in [-0.05, 0) is 7.05 Å². The van der Waals surface area contributed by atoms with Crippen molar-refractivity contribution in [1.82, 2.24) is 15.5 Å². The molecule has 0 aliphatic carbocycles. The quantitative estimate of drug-likeness (QED) is 0.820. The van der Waals surface area contributed by atoms with Crippen molar-refractivity contribution in [2.75, 3.05) is 32.3 Å². The Hall–Kier alpha value is -0.590. The molecule has 0 saturated carbocycles. The van der Waals surface area contributed by atoms with Crippen molar-refractivity contribution in [2.45, 2.75) is 18.4 Å². The van der Waals surface area contributed by atoms with Crippen LogP contribution in [0, 0.1) is 0 Å². The number of nitrogens with zero attached hydrogens (tertiary/aromatic N) is 2. The lowest BCUT2D eigenvalue weighted by atomic mass is 10.0. The molecule has 2 rings (SSSR count). The summed E-state index contributed by atoms with van der Waals surface area (Å²) in [6, 6.07) is 0.445. The van der Waals surface area contributed by atoms with Gasteiger partial charge in [-0.1, -0.05) is 5.16 Å². The number of hydrogen-bond acceptors (Lipinski definition) is 6. The molecule has 0 aromatic carbocycles. The third-order valence-electron chi connectivity index (χ3n) is 2.78. The minimum Gasteiger partial charge on any atom is -0.384 e. The Morgan fingerprint density at radius 2 is 2.44 bits per heavy atom.